The molecule has 4 rings (SSSR count). The molecule has 1 aromatic heterocycles. The lowest BCUT2D eigenvalue weighted by Gasteiger charge is -2.43. The number of hydrogen-bond donors (Lipinski definition) is 3. The third kappa shape index (κ3) is 3.03. The molecule has 138 valence electrons. The van der Waals surface area contributed by atoms with Gasteiger partial charge in [0.05, 0.1) is 11.1 Å². The highest BCUT2D eigenvalue weighted by Crippen LogP contribution is 2.35. The van der Waals surface area contributed by atoms with E-state index in [0.717, 1.165) is 0 Å². The van der Waals surface area contributed by atoms with Gasteiger partial charge in [-0.1, -0.05) is 48.5 Å². The summed E-state index contributed by atoms with van der Waals surface area (Å²) in [6, 6.07) is 17.7. The van der Waals surface area contributed by atoms with E-state index < -0.39 is 17.7 Å². The highest BCUT2D eigenvalue weighted by molar-refractivity contribution is 6.03. The number of pyridine rings is 1. The second-order valence-corrected chi connectivity index (χ2v) is 6.85. The van der Waals surface area contributed by atoms with Gasteiger partial charge in [-0.3, -0.25) is 0 Å². The van der Waals surface area contributed by atoms with Crippen molar-refractivity contribution in [2.45, 2.75) is 18.1 Å². The van der Waals surface area contributed by atoms with Crippen LogP contribution in [0, 0.1) is 0 Å². The zero-order chi connectivity index (χ0) is 19.0. The molecule has 3 aromatic rings. The molecule has 6 nitrogen and oxygen atoms in total. The fraction of sp³-hybridized carbons (Fsp3) is 0.238. The molecule has 0 saturated carbocycles. The van der Waals surface area contributed by atoms with E-state index in [-0.39, 0.29) is 12.1 Å². The Hall–Kier alpha value is -2.96. The van der Waals surface area contributed by atoms with Crippen molar-refractivity contribution in [2.75, 3.05) is 18.0 Å². The molecule has 0 spiro atoms. The number of β-amino-alcohol motifs (C(OH)–C–C–N with tert-alkyl or cyclic N) is 1. The molecule has 1 aliphatic rings. The van der Waals surface area contributed by atoms with Gasteiger partial charge in [-0.05, 0) is 17.7 Å². The molecule has 0 unspecified atom stereocenters. The summed E-state index contributed by atoms with van der Waals surface area (Å²) in [5.41, 5.74) is 0.110. The Labute approximate surface area is 156 Å². The predicted molar refractivity (Wildman–Crippen MR) is 102 cm³/mol. The van der Waals surface area contributed by atoms with Crippen molar-refractivity contribution in [3.8, 4) is 0 Å². The van der Waals surface area contributed by atoms with Crippen molar-refractivity contribution in [1.82, 2.24) is 4.98 Å². The summed E-state index contributed by atoms with van der Waals surface area (Å²) in [5, 5.41) is 31.8. The van der Waals surface area contributed by atoms with E-state index in [1.54, 1.807) is 30.3 Å². The Kier molecular flexibility index (Phi) is 4.30. The Balaban J connectivity index is 1.67. The number of piperidine rings is 1. The summed E-state index contributed by atoms with van der Waals surface area (Å²) >= 11 is 0. The van der Waals surface area contributed by atoms with E-state index in [2.05, 4.69) is 4.98 Å². The summed E-state index contributed by atoms with van der Waals surface area (Å²) in [4.78, 5) is 18.1. The standard InChI is InChI=1S/C21H20N2O4/c24-18-13-23(11-10-21(18,27)14-6-2-1-3-7-14)19-12-16(20(25)26)15-8-4-5-9-17(15)22-19/h1-9,12,18,24,27H,10-11,13H2,(H,25,26)/t18-,21-/m0/s1. The van der Waals surface area contributed by atoms with Crippen LogP contribution in [0.2, 0.25) is 0 Å². The van der Waals surface area contributed by atoms with Gasteiger partial charge in [0.2, 0.25) is 0 Å². The second kappa shape index (κ2) is 6.64. The molecule has 2 aromatic carbocycles. The maximum absolute atomic E-state index is 11.7. The predicted octanol–water partition coefficient (Wildman–Crippen LogP) is 2.39. The van der Waals surface area contributed by atoms with Gasteiger partial charge in [0.1, 0.15) is 17.5 Å². The van der Waals surface area contributed by atoms with Gasteiger partial charge < -0.3 is 20.2 Å². The fourth-order valence-electron chi connectivity index (χ4n) is 3.70. The van der Waals surface area contributed by atoms with E-state index in [4.69, 9.17) is 0 Å². The lowest BCUT2D eigenvalue weighted by Crippen LogP contribution is -2.53. The highest BCUT2D eigenvalue weighted by atomic mass is 16.4. The first-order valence-electron chi connectivity index (χ1n) is 8.83. The topological polar surface area (TPSA) is 93.9 Å². The van der Waals surface area contributed by atoms with Crippen LogP contribution in [0.5, 0.6) is 0 Å². The molecule has 0 amide bonds. The third-order valence-corrected chi connectivity index (χ3v) is 5.24. The van der Waals surface area contributed by atoms with Crippen molar-refractivity contribution < 1.29 is 20.1 Å². The molecule has 0 aliphatic carbocycles. The van der Waals surface area contributed by atoms with Crippen LogP contribution in [0.4, 0.5) is 5.82 Å². The number of aromatic carboxylic acids is 1. The van der Waals surface area contributed by atoms with Gasteiger partial charge in [0, 0.05) is 24.9 Å². The van der Waals surface area contributed by atoms with Gasteiger partial charge in [-0.25, -0.2) is 9.78 Å². The molecule has 27 heavy (non-hydrogen) atoms. The number of rotatable bonds is 3. The highest BCUT2D eigenvalue weighted by Gasteiger charge is 2.42. The number of carboxylic acid groups (broad SMARTS) is 1. The van der Waals surface area contributed by atoms with E-state index in [0.29, 0.717) is 35.2 Å². The molecule has 1 saturated heterocycles. The number of anilines is 1. The number of carboxylic acids is 1. The molecule has 2 atom stereocenters. The summed E-state index contributed by atoms with van der Waals surface area (Å²) in [6.07, 6.45) is -0.704. The van der Waals surface area contributed by atoms with Gasteiger partial charge in [-0.2, -0.15) is 0 Å². The second-order valence-electron chi connectivity index (χ2n) is 6.85. The van der Waals surface area contributed by atoms with E-state index in [9.17, 15) is 20.1 Å². The number of aliphatic hydroxyl groups is 2. The number of nitrogens with zero attached hydrogens (tertiary/aromatic N) is 2. The Morgan fingerprint density at radius 1 is 1.11 bits per heavy atom. The average Bonchev–Trinajstić information content (AvgIpc) is 2.69. The molecule has 6 heteroatoms. The van der Waals surface area contributed by atoms with Crippen LogP contribution in [0.1, 0.15) is 22.3 Å². The maximum atomic E-state index is 11.7. The molecule has 1 aliphatic heterocycles. The molecular weight excluding hydrogens is 344 g/mol. The average molecular weight is 364 g/mol. The molecule has 0 bridgehead atoms. The minimum Gasteiger partial charge on any atom is -0.478 e. The van der Waals surface area contributed by atoms with E-state index in [1.807, 2.05) is 29.2 Å². The van der Waals surface area contributed by atoms with Crippen LogP contribution >= 0.6 is 0 Å². The van der Waals surface area contributed by atoms with Gasteiger partial charge in [0.25, 0.3) is 0 Å². The van der Waals surface area contributed by atoms with Gasteiger partial charge in [0.15, 0.2) is 0 Å². The molecular formula is C21H20N2O4. The quantitative estimate of drug-likeness (QED) is 0.661. The van der Waals surface area contributed by atoms with Crippen LogP contribution in [-0.4, -0.2) is 45.5 Å². The first kappa shape index (κ1) is 17.5. The van der Waals surface area contributed by atoms with Crippen molar-refractivity contribution >= 4 is 22.7 Å². The smallest absolute Gasteiger partial charge is 0.336 e. The zero-order valence-electron chi connectivity index (χ0n) is 14.6. The third-order valence-electron chi connectivity index (χ3n) is 5.24. The SMILES string of the molecule is O=C(O)c1cc(N2CC[C@](O)(c3ccccc3)[C@@H](O)C2)nc2ccccc12. The fourth-order valence-corrected chi connectivity index (χ4v) is 3.70. The number of aromatic nitrogens is 1. The van der Waals surface area contributed by atoms with E-state index in [1.165, 1.54) is 6.07 Å². The van der Waals surface area contributed by atoms with Crippen LogP contribution in [-0.2, 0) is 5.60 Å². The van der Waals surface area contributed by atoms with Crippen LogP contribution in [0.25, 0.3) is 10.9 Å². The van der Waals surface area contributed by atoms with Crippen LogP contribution in [0.15, 0.2) is 60.7 Å². The molecule has 1 fully saturated rings. The van der Waals surface area contributed by atoms with Crippen molar-refractivity contribution in [1.29, 1.82) is 0 Å². The monoisotopic (exact) mass is 364 g/mol. The Morgan fingerprint density at radius 2 is 1.81 bits per heavy atom. The van der Waals surface area contributed by atoms with Crippen LogP contribution in [0.3, 0.4) is 0 Å². The Morgan fingerprint density at radius 3 is 2.52 bits per heavy atom. The number of carbonyl (C=O) groups is 1. The van der Waals surface area contributed by atoms with E-state index >= 15 is 0 Å². The summed E-state index contributed by atoms with van der Waals surface area (Å²) < 4.78 is 0. The lowest BCUT2D eigenvalue weighted by atomic mass is 9.82. The van der Waals surface area contributed by atoms with Gasteiger partial charge >= 0.3 is 5.97 Å². The summed E-state index contributed by atoms with van der Waals surface area (Å²) in [6.45, 7) is 0.614. The minimum absolute atomic E-state index is 0.162. The number of fused-ring (bicyclic) bond motifs is 1. The summed E-state index contributed by atoms with van der Waals surface area (Å²) in [7, 11) is 0. The molecule has 0 radical (unpaired) electrons. The molecule has 3 N–H and O–H groups in total. The van der Waals surface area contributed by atoms with Crippen molar-refractivity contribution in [3.63, 3.8) is 0 Å². The van der Waals surface area contributed by atoms with Crippen molar-refractivity contribution in [2.24, 2.45) is 0 Å². The minimum atomic E-state index is -1.33. The molecule has 2 heterocycles. The number of hydrogen-bond acceptors (Lipinski definition) is 5. The van der Waals surface area contributed by atoms with Gasteiger partial charge in [-0.15, -0.1) is 0 Å². The largest absolute Gasteiger partial charge is 0.478 e. The lowest BCUT2D eigenvalue weighted by molar-refractivity contribution is -0.0918. The van der Waals surface area contributed by atoms with Crippen molar-refractivity contribution in [3.05, 3.63) is 71.8 Å². The first-order valence-corrected chi connectivity index (χ1v) is 8.83. The maximum Gasteiger partial charge on any atom is 0.336 e. The normalized spacial score (nSPS) is 22.7. The zero-order valence-corrected chi connectivity index (χ0v) is 14.6. The summed E-state index contributed by atoms with van der Waals surface area (Å²) in [5.74, 6) is -0.534. The van der Waals surface area contributed by atoms with Crippen LogP contribution < -0.4 is 4.90 Å². The number of para-hydroxylation sites is 1. The first-order chi connectivity index (χ1) is 13.0. The number of aliphatic hydroxyl groups excluding tert-OH is 1. The Bertz CT molecular complexity index is 992. The number of benzene rings is 2.